The Kier molecular flexibility index (Phi) is 6.06. The number of carbonyl (C=O) groups is 1. The van der Waals surface area contributed by atoms with Gasteiger partial charge in [-0.3, -0.25) is 18.3 Å². The van der Waals surface area contributed by atoms with Crippen molar-refractivity contribution in [1.29, 1.82) is 0 Å². The van der Waals surface area contributed by atoms with Crippen LogP contribution in [0.3, 0.4) is 0 Å². The molecule has 2 atom stereocenters. The second-order valence-corrected chi connectivity index (χ2v) is 8.20. The molecule has 0 radical (unpaired) electrons. The average molecular weight is 442 g/mol. The molecular weight excluding hydrogens is 418 g/mol. The Morgan fingerprint density at radius 2 is 2.03 bits per heavy atom. The molecule has 0 aliphatic heterocycles. The zero-order valence-electron chi connectivity index (χ0n) is 17.0. The number of nitrogens with zero attached hydrogens (tertiary/aromatic N) is 3. The van der Waals surface area contributed by atoms with E-state index in [1.54, 1.807) is 13.3 Å². The number of aromatic nitrogens is 2. The molecule has 0 bridgehead atoms. The fourth-order valence-corrected chi connectivity index (χ4v) is 4.82. The highest BCUT2D eigenvalue weighted by atomic mass is 32.2. The molecule has 0 amide bonds. The Morgan fingerprint density at radius 3 is 2.71 bits per heavy atom. The number of aliphatic carboxylic acids is 1. The average Bonchev–Trinajstić information content (AvgIpc) is 3.17. The third-order valence-corrected chi connectivity index (χ3v) is 6.29. The van der Waals surface area contributed by atoms with Gasteiger partial charge < -0.3 is 9.84 Å². The Balaban J connectivity index is 1.65. The molecule has 1 heterocycles. The van der Waals surface area contributed by atoms with Crippen LogP contribution in [-0.2, 0) is 29.0 Å². The maximum atomic E-state index is 12.3. The van der Waals surface area contributed by atoms with E-state index in [1.807, 2.05) is 48.5 Å². The third-order valence-electron chi connectivity index (χ3n) is 5.49. The summed E-state index contributed by atoms with van der Waals surface area (Å²) in [6, 6.07) is 14.8. The standard InChI is InChI=1S/C22H23N3O5S/c1-30-18-5-2-4-16(12-18)15-8-10-17(11-9-15)25(31(28)29)21-7-3-6-20-19(21)13-23-24(20)14-22(26)27/h2,4-5,8-13,21H,3,6-7,14H2,1H3,(H,26,27)(H,28,29). The van der Waals surface area contributed by atoms with Gasteiger partial charge in [-0.05, 0) is 54.7 Å². The molecule has 0 spiro atoms. The van der Waals surface area contributed by atoms with Crippen LogP contribution in [0.4, 0.5) is 5.69 Å². The van der Waals surface area contributed by atoms with Crippen LogP contribution in [0.5, 0.6) is 5.75 Å². The number of anilines is 1. The Bertz CT molecular complexity index is 1110. The lowest BCUT2D eigenvalue weighted by atomic mass is 9.92. The van der Waals surface area contributed by atoms with Crippen molar-refractivity contribution < 1.29 is 23.4 Å². The van der Waals surface area contributed by atoms with Crippen LogP contribution in [0.25, 0.3) is 11.1 Å². The van der Waals surface area contributed by atoms with Crippen LogP contribution < -0.4 is 9.04 Å². The minimum Gasteiger partial charge on any atom is -0.497 e. The number of methoxy groups -OCH3 is 1. The quantitative estimate of drug-likeness (QED) is 0.542. The summed E-state index contributed by atoms with van der Waals surface area (Å²) in [5, 5.41) is 13.3. The predicted molar refractivity (Wildman–Crippen MR) is 117 cm³/mol. The minimum absolute atomic E-state index is 0.223. The molecule has 1 aliphatic carbocycles. The summed E-state index contributed by atoms with van der Waals surface area (Å²) in [6.45, 7) is -0.223. The Morgan fingerprint density at radius 1 is 1.26 bits per heavy atom. The second-order valence-electron chi connectivity index (χ2n) is 7.34. The third kappa shape index (κ3) is 4.33. The van der Waals surface area contributed by atoms with E-state index >= 15 is 0 Å². The largest absolute Gasteiger partial charge is 0.497 e. The van der Waals surface area contributed by atoms with E-state index in [2.05, 4.69) is 5.10 Å². The minimum atomic E-state index is -2.26. The molecular formula is C22H23N3O5S. The number of hydrogen-bond donors (Lipinski definition) is 2. The summed E-state index contributed by atoms with van der Waals surface area (Å²) >= 11 is -2.26. The fraction of sp³-hybridized carbons (Fsp3) is 0.273. The first-order valence-electron chi connectivity index (χ1n) is 9.89. The molecule has 2 unspecified atom stereocenters. The molecule has 0 saturated carbocycles. The molecule has 2 aromatic carbocycles. The smallest absolute Gasteiger partial charge is 0.325 e. The van der Waals surface area contributed by atoms with E-state index in [9.17, 15) is 13.6 Å². The van der Waals surface area contributed by atoms with Crippen LogP contribution in [0.1, 0.15) is 30.1 Å². The first kappa shape index (κ1) is 21.1. The van der Waals surface area contributed by atoms with Crippen LogP contribution >= 0.6 is 0 Å². The molecule has 0 saturated heterocycles. The van der Waals surface area contributed by atoms with Gasteiger partial charge in [0.1, 0.15) is 12.3 Å². The SMILES string of the molecule is COc1cccc(-c2ccc(N(C3CCCc4c3cnn4CC(=O)O)S(=O)O)cc2)c1. The van der Waals surface area contributed by atoms with Crippen molar-refractivity contribution in [2.75, 3.05) is 11.4 Å². The summed E-state index contributed by atoms with van der Waals surface area (Å²) in [5.41, 5.74) is 4.16. The molecule has 1 aliphatic rings. The molecule has 2 N–H and O–H groups in total. The van der Waals surface area contributed by atoms with Gasteiger partial charge >= 0.3 is 5.97 Å². The van der Waals surface area contributed by atoms with Crippen molar-refractivity contribution in [3.63, 3.8) is 0 Å². The van der Waals surface area contributed by atoms with Crippen LogP contribution in [0.15, 0.2) is 54.7 Å². The molecule has 8 nitrogen and oxygen atoms in total. The maximum absolute atomic E-state index is 12.3. The Hall–Kier alpha value is -3.17. The molecule has 9 heteroatoms. The van der Waals surface area contributed by atoms with Crippen molar-refractivity contribution in [2.24, 2.45) is 0 Å². The number of carboxylic acid groups (broad SMARTS) is 1. The molecule has 0 fully saturated rings. The normalized spacial score (nSPS) is 16.4. The summed E-state index contributed by atoms with van der Waals surface area (Å²) in [7, 11) is 1.62. The summed E-state index contributed by atoms with van der Waals surface area (Å²) < 4.78 is 30.6. The van der Waals surface area contributed by atoms with Crippen molar-refractivity contribution in [3.8, 4) is 16.9 Å². The Labute approximate surface area is 182 Å². The van der Waals surface area contributed by atoms with Crippen LogP contribution in [0, 0.1) is 0 Å². The summed E-state index contributed by atoms with van der Waals surface area (Å²) in [4.78, 5) is 11.1. The predicted octanol–water partition coefficient (Wildman–Crippen LogP) is 3.66. The highest BCUT2D eigenvalue weighted by molar-refractivity contribution is 7.80. The van der Waals surface area contributed by atoms with Gasteiger partial charge in [0.25, 0.3) is 11.3 Å². The highest BCUT2D eigenvalue weighted by Gasteiger charge is 2.32. The van der Waals surface area contributed by atoms with Crippen molar-refractivity contribution in [3.05, 3.63) is 66.0 Å². The summed E-state index contributed by atoms with van der Waals surface area (Å²) in [6.07, 6.45) is 3.76. The topological polar surface area (TPSA) is 105 Å². The highest BCUT2D eigenvalue weighted by Crippen LogP contribution is 2.38. The van der Waals surface area contributed by atoms with Crippen molar-refractivity contribution in [2.45, 2.75) is 31.8 Å². The van der Waals surface area contributed by atoms with E-state index in [-0.39, 0.29) is 12.6 Å². The van der Waals surface area contributed by atoms with Gasteiger partial charge in [-0.25, -0.2) is 4.21 Å². The van der Waals surface area contributed by atoms with Gasteiger partial charge in [0.05, 0.1) is 25.0 Å². The lowest BCUT2D eigenvalue weighted by molar-refractivity contribution is -0.137. The monoisotopic (exact) mass is 441 g/mol. The van der Waals surface area contributed by atoms with Crippen molar-refractivity contribution >= 4 is 22.9 Å². The molecule has 31 heavy (non-hydrogen) atoms. The van der Waals surface area contributed by atoms with E-state index in [4.69, 9.17) is 9.84 Å². The summed E-state index contributed by atoms with van der Waals surface area (Å²) in [5.74, 6) is -0.212. The number of rotatable bonds is 7. The van der Waals surface area contributed by atoms with E-state index < -0.39 is 17.2 Å². The van der Waals surface area contributed by atoms with Gasteiger partial charge in [0.15, 0.2) is 0 Å². The fourth-order valence-electron chi connectivity index (χ4n) is 4.09. The van der Waals surface area contributed by atoms with Gasteiger partial charge in [0.2, 0.25) is 0 Å². The lowest BCUT2D eigenvalue weighted by Crippen LogP contribution is -2.33. The number of ether oxygens (including phenoxy) is 1. The molecule has 162 valence electrons. The zero-order chi connectivity index (χ0) is 22.0. The lowest BCUT2D eigenvalue weighted by Gasteiger charge is -2.33. The second kappa shape index (κ2) is 8.91. The molecule has 1 aromatic heterocycles. The maximum Gasteiger partial charge on any atom is 0.325 e. The molecule has 4 rings (SSSR count). The van der Waals surface area contributed by atoms with E-state index in [0.717, 1.165) is 34.6 Å². The number of carboxylic acids is 1. The van der Waals surface area contributed by atoms with E-state index in [1.165, 1.54) is 8.99 Å². The van der Waals surface area contributed by atoms with Gasteiger partial charge in [0, 0.05) is 11.3 Å². The molecule has 3 aromatic rings. The number of fused-ring (bicyclic) bond motifs is 1. The van der Waals surface area contributed by atoms with Crippen LogP contribution in [0.2, 0.25) is 0 Å². The van der Waals surface area contributed by atoms with E-state index in [0.29, 0.717) is 18.5 Å². The van der Waals surface area contributed by atoms with Gasteiger partial charge in [-0.2, -0.15) is 5.10 Å². The first-order chi connectivity index (χ1) is 15.0. The number of hydrogen-bond acceptors (Lipinski definition) is 4. The van der Waals surface area contributed by atoms with Crippen LogP contribution in [-0.4, -0.2) is 36.7 Å². The van der Waals surface area contributed by atoms with Gasteiger partial charge in [-0.1, -0.05) is 24.3 Å². The van der Waals surface area contributed by atoms with Gasteiger partial charge in [-0.15, -0.1) is 0 Å². The number of benzene rings is 2. The first-order valence-corrected chi connectivity index (χ1v) is 11.0. The van der Waals surface area contributed by atoms with Crippen molar-refractivity contribution in [1.82, 2.24) is 9.78 Å². The zero-order valence-corrected chi connectivity index (χ0v) is 17.8.